The topological polar surface area (TPSA) is 90.1 Å². The number of ether oxygens (including phenoxy) is 1. The van der Waals surface area contributed by atoms with Crippen LogP contribution in [0.3, 0.4) is 0 Å². The third kappa shape index (κ3) is 4.39. The van der Waals surface area contributed by atoms with Crippen LogP contribution >= 0.6 is 0 Å². The van der Waals surface area contributed by atoms with E-state index in [1.54, 1.807) is 17.2 Å². The van der Waals surface area contributed by atoms with Gasteiger partial charge in [-0.3, -0.25) is 14.4 Å². The highest BCUT2D eigenvalue weighted by molar-refractivity contribution is 5.91. The molecule has 1 amide bonds. The second kappa shape index (κ2) is 8.02. The highest BCUT2D eigenvalue weighted by Gasteiger charge is 2.23. The molecule has 3 rings (SSSR count). The van der Waals surface area contributed by atoms with Gasteiger partial charge in [0.2, 0.25) is 5.91 Å². The maximum Gasteiger partial charge on any atom is 0.239 e. The van der Waals surface area contributed by atoms with Crippen LogP contribution in [0.2, 0.25) is 0 Å². The van der Waals surface area contributed by atoms with Crippen LogP contribution in [0.1, 0.15) is 13.3 Å². The summed E-state index contributed by atoms with van der Waals surface area (Å²) in [6.45, 7) is 5.91. The maximum atomic E-state index is 12.3. The van der Waals surface area contributed by atoms with Crippen LogP contribution in [-0.2, 0) is 22.6 Å². The Labute approximate surface area is 140 Å². The molecule has 3 heterocycles. The van der Waals surface area contributed by atoms with Crippen LogP contribution in [0.15, 0.2) is 24.9 Å². The van der Waals surface area contributed by atoms with Gasteiger partial charge in [-0.05, 0) is 6.42 Å². The fourth-order valence-electron chi connectivity index (χ4n) is 2.78. The van der Waals surface area contributed by atoms with Crippen LogP contribution in [0.4, 0.5) is 5.82 Å². The monoisotopic (exact) mass is 333 g/mol. The Balaban J connectivity index is 1.49. The lowest BCUT2D eigenvalue weighted by molar-refractivity contribution is -0.119. The zero-order chi connectivity index (χ0) is 16.8. The van der Waals surface area contributed by atoms with E-state index in [1.165, 1.54) is 6.33 Å². The molecule has 1 saturated heterocycles. The van der Waals surface area contributed by atoms with Crippen molar-refractivity contribution in [3.05, 3.63) is 24.9 Å². The van der Waals surface area contributed by atoms with Crippen molar-refractivity contribution >= 4 is 11.7 Å². The lowest BCUT2D eigenvalue weighted by Crippen LogP contribution is -2.47. The molecule has 0 bridgehead atoms. The third-order valence-electron chi connectivity index (χ3n) is 3.87. The molecule has 0 radical (unpaired) electrons. The first-order valence-electron chi connectivity index (χ1n) is 8.22. The molecule has 24 heavy (non-hydrogen) atoms. The summed E-state index contributed by atoms with van der Waals surface area (Å²) in [5.41, 5.74) is 0. The van der Waals surface area contributed by atoms with Crippen molar-refractivity contribution in [1.29, 1.82) is 0 Å². The van der Waals surface area contributed by atoms with E-state index in [4.69, 9.17) is 4.74 Å². The number of amides is 1. The van der Waals surface area contributed by atoms with Gasteiger partial charge in [0.05, 0.1) is 32.0 Å². The lowest BCUT2D eigenvalue weighted by atomic mass is 10.2. The summed E-state index contributed by atoms with van der Waals surface area (Å²) < 4.78 is 9.30. The molecule has 1 aliphatic rings. The van der Waals surface area contributed by atoms with Gasteiger partial charge < -0.3 is 10.1 Å². The number of aryl methyl sites for hydroxylation is 1. The first-order valence-corrected chi connectivity index (χ1v) is 8.22. The van der Waals surface area contributed by atoms with Crippen LogP contribution in [-0.4, -0.2) is 67.7 Å². The summed E-state index contributed by atoms with van der Waals surface area (Å²) in [7, 11) is 0. The first-order chi connectivity index (χ1) is 11.7. The number of hydrogen-bond donors (Lipinski definition) is 1. The Morgan fingerprint density at radius 3 is 3.17 bits per heavy atom. The molecule has 1 aliphatic heterocycles. The minimum atomic E-state index is -0.0331. The number of rotatable bonds is 7. The summed E-state index contributed by atoms with van der Waals surface area (Å²) >= 11 is 0. The predicted molar refractivity (Wildman–Crippen MR) is 87.3 cm³/mol. The number of hydrogen-bond acceptors (Lipinski definition) is 6. The van der Waals surface area contributed by atoms with Crippen LogP contribution in [0.25, 0.3) is 0 Å². The Morgan fingerprint density at radius 1 is 1.46 bits per heavy atom. The Bertz CT molecular complexity index is 640. The highest BCUT2D eigenvalue weighted by Crippen LogP contribution is 2.09. The van der Waals surface area contributed by atoms with Crippen LogP contribution in [0.5, 0.6) is 0 Å². The molecule has 0 aromatic carbocycles. The van der Waals surface area contributed by atoms with Gasteiger partial charge >= 0.3 is 0 Å². The van der Waals surface area contributed by atoms with Crippen molar-refractivity contribution in [2.75, 3.05) is 31.6 Å². The van der Waals surface area contributed by atoms with Gasteiger partial charge in [-0.2, -0.15) is 10.2 Å². The van der Waals surface area contributed by atoms with Gasteiger partial charge in [0.25, 0.3) is 0 Å². The Hall–Kier alpha value is -2.26. The summed E-state index contributed by atoms with van der Waals surface area (Å²) in [6, 6.07) is 1.82. The van der Waals surface area contributed by atoms with Crippen molar-refractivity contribution in [3.63, 3.8) is 0 Å². The maximum absolute atomic E-state index is 12.3. The number of anilines is 1. The molecule has 2 aromatic heterocycles. The average Bonchev–Trinajstić information content (AvgIpc) is 3.21. The molecule has 130 valence electrons. The minimum Gasteiger partial charge on any atom is -0.374 e. The molecule has 2 aromatic rings. The van der Waals surface area contributed by atoms with Gasteiger partial charge in [-0.15, -0.1) is 0 Å². The molecule has 1 fully saturated rings. The molecular weight excluding hydrogens is 310 g/mol. The Kier molecular flexibility index (Phi) is 5.55. The fraction of sp³-hybridized carbons (Fsp3) is 0.600. The van der Waals surface area contributed by atoms with E-state index in [0.717, 1.165) is 25.3 Å². The fourth-order valence-corrected chi connectivity index (χ4v) is 2.78. The number of morpholine rings is 1. The first kappa shape index (κ1) is 16.6. The quantitative estimate of drug-likeness (QED) is 0.780. The van der Waals surface area contributed by atoms with Crippen LogP contribution < -0.4 is 5.32 Å². The SMILES string of the molecule is CCCn1nccc1NC(=O)CN1CCO[C@@H](Cn2cncn2)C1. The van der Waals surface area contributed by atoms with E-state index >= 15 is 0 Å². The third-order valence-corrected chi connectivity index (χ3v) is 3.87. The van der Waals surface area contributed by atoms with Crippen molar-refractivity contribution in [3.8, 4) is 0 Å². The molecule has 9 nitrogen and oxygen atoms in total. The van der Waals surface area contributed by atoms with Crippen LogP contribution in [0, 0.1) is 0 Å². The van der Waals surface area contributed by atoms with Crippen molar-refractivity contribution in [2.45, 2.75) is 32.5 Å². The normalized spacial score (nSPS) is 18.6. The number of nitrogens with zero attached hydrogens (tertiary/aromatic N) is 6. The van der Waals surface area contributed by atoms with Gasteiger partial charge in [-0.1, -0.05) is 6.92 Å². The molecule has 0 spiro atoms. The zero-order valence-corrected chi connectivity index (χ0v) is 13.8. The van der Waals surface area contributed by atoms with E-state index in [-0.39, 0.29) is 12.0 Å². The summed E-state index contributed by atoms with van der Waals surface area (Å²) in [6.07, 6.45) is 5.86. The highest BCUT2D eigenvalue weighted by atomic mass is 16.5. The summed E-state index contributed by atoms with van der Waals surface area (Å²) in [5, 5.41) is 11.2. The lowest BCUT2D eigenvalue weighted by Gasteiger charge is -2.32. The summed E-state index contributed by atoms with van der Waals surface area (Å²) in [4.78, 5) is 18.3. The number of aromatic nitrogens is 5. The molecular formula is C15H23N7O2. The molecule has 1 atom stereocenters. The van der Waals surface area contributed by atoms with E-state index in [9.17, 15) is 4.79 Å². The molecule has 0 unspecified atom stereocenters. The van der Waals surface area contributed by atoms with Gasteiger partial charge in [-0.25, -0.2) is 9.67 Å². The molecule has 1 N–H and O–H groups in total. The Morgan fingerprint density at radius 2 is 2.38 bits per heavy atom. The van der Waals surface area contributed by atoms with E-state index in [0.29, 0.717) is 26.2 Å². The summed E-state index contributed by atoms with van der Waals surface area (Å²) in [5.74, 6) is 0.712. The molecule has 9 heteroatoms. The number of carbonyl (C=O) groups excluding carboxylic acids is 1. The van der Waals surface area contributed by atoms with Gasteiger partial charge in [0.15, 0.2) is 0 Å². The average molecular weight is 333 g/mol. The standard InChI is InChI=1S/C15H23N7O2/c1-2-5-22-14(3-4-17-22)19-15(23)10-20-6-7-24-13(8-20)9-21-12-16-11-18-21/h3-4,11-13H,2,5-10H2,1H3,(H,19,23)/t13-/m1/s1. The second-order valence-electron chi connectivity index (χ2n) is 5.83. The number of nitrogens with one attached hydrogen (secondary N) is 1. The second-order valence-corrected chi connectivity index (χ2v) is 5.83. The van der Waals surface area contributed by atoms with E-state index < -0.39 is 0 Å². The van der Waals surface area contributed by atoms with Crippen molar-refractivity contribution < 1.29 is 9.53 Å². The van der Waals surface area contributed by atoms with E-state index in [1.807, 2.05) is 10.7 Å². The minimum absolute atomic E-state index is 0.0128. The van der Waals surface area contributed by atoms with E-state index in [2.05, 4.69) is 32.3 Å². The van der Waals surface area contributed by atoms with Gasteiger partial charge in [0, 0.05) is 25.7 Å². The van der Waals surface area contributed by atoms with Crippen molar-refractivity contribution in [2.24, 2.45) is 0 Å². The zero-order valence-electron chi connectivity index (χ0n) is 13.8. The smallest absolute Gasteiger partial charge is 0.239 e. The van der Waals surface area contributed by atoms with Gasteiger partial charge in [0.1, 0.15) is 18.5 Å². The number of carbonyl (C=O) groups is 1. The predicted octanol–water partition coefficient (Wildman–Crippen LogP) is 0.224. The largest absolute Gasteiger partial charge is 0.374 e. The van der Waals surface area contributed by atoms with Crippen molar-refractivity contribution in [1.82, 2.24) is 29.4 Å². The molecule has 0 aliphatic carbocycles. The molecule has 0 saturated carbocycles.